The summed E-state index contributed by atoms with van der Waals surface area (Å²) in [6, 6.07) is 6.33. The van der Waals surface area contributed by atoms with Crippen LogP contribution < -0.4 is 9.04 Å². The molecular weight excluding hydrogens is 356 g/mol. The summed E-state index contributed by atoms with van der Waals surface area (Å²) < 4.78 is 30.9. The highest BCUT2D eigenvalue weighted by molar-refractivity contribution is 7.92. The Morgan fingerprint density at radius 3 is 2.38 bits per heavy atom. The Kier molecular flexibility index (Phi) is 6.88. The van der Waals surface area contributed by atoms with Gasteiger partial charge in [-0.2, -0.15) is 0 Å². The molecule has 1 amide bonds. The number of likely N-dealkylation sites (N-methyl/N-ethyl adjacent to an activating group) is 1. The summed E-state index contributed by atoms with van der Waals surface area (Å²) in [6.45, 7) is 2.08. The molecule has 146 valence electrons. The largest absolute Gasteiger partial charge is 0.494 e. The molecule has 1 N–H and O–H groups in total. The van der Waals surface area contributed by atoms with Gasteiger partial charge in [0.2, 0.25) is 15.9 Å². The van der Waals surface area contributed by atoms with E-state index in [0.717, 1.165) is 29.8 Å². The van der Waals surface area contributed by atoms with Gasteiger partial charge in [0.1, 0.15) is 12.3 Å². The normalized spacial score (nSPS) is 20.5. The average Bonchev–Trinajstić information content (AvgIpc) is 2.59. The number of rotatable bonds is 7. The van der Waals surface area contributed by atoms with Crippen molar-refractivity contribution in [3.05, 3.63) is 24.3 Å². The quantitative estimate of drug-likeness (QED) is 0.772. The molecule has 0 saturated heterocycles. The van der Waals surface area contributed by atoms with Crippen LogP contribution in [0.4, 0.5) is 5.69 Å². The maximum Gasteiger partial charge on any atom is 0.243 e. The molecule has 1 aliphatic rings. The van der Waals surface area contributed by atoms with Gasteiger partial charge in [-0.15, -0.1) is 0 Å². The molecule has 26 heavy (non-hydrogen) atoms. The first-order chi connectivity index (χ1) is 12.2. The number of aliphatic hydroxyl groups excluding tert-OH is 1. The lowest BCUT2D eigenvalue weighted by atomic mass is 9.91. The zero-order chi connectivity index (χ0) is 19.3. The minimum absolute atomic E-state index is 0.266. The van der Waals surface area contributed by atoms with E-state index in [1.54, 1.807) is 31.3 Å². The number of carbonyl (C=O) groups excluding carboxylic acids is 1. The van der Waals surface area contributed by atoms with Crippen LogP contribution in [-0.2, 0) is 14.8 Å². The summed E-state index contributed by atoms with van der Waals surface area (Å²) in [7, 11) is -2.01. The SMILES string of the molecule is CCOc1ccc(N(CC(=O)N(C)C2CCCCC2O)S(C)(=O)=O)cc1. The Labute approximate surface area is 155 Å². The number of amides is 1. The van der Waals surface area contributed by atoms with E-state index < -0.39 is 16.1 Å². The molecule has 1 saturated carbocycles. The summed E-state index contributed by atoms with van der Waals surface area (Å²) in [6.07, 6.45) is 3.80. The van der Waals surface area contributed by atoms with Crippen molar-refractivity contribution >= 4 is 21.6 Å². The van der Waals surface area contributed by atoms with Gasteiger partial charge >= 0.3 is 0 Å². The summed E-state index contributed by atoms with van der Waals surface area (Å²) >= 11 is 0. The lowest BCUT2D eigenvalue weighted by Gasteiger charge is -2.36. The van der Waals surface area contributed by atoms with Crippen LogP contribution in [0.1, 0.15) is 32.6 Å². The van der Waals surface area contributed by atoms with Gasteiger partial charge in [0, 0.05) is 7.05 Å². The van der Waals surface area contributed by atoms with Gasteiger partial charge in [-0.25, -0.2) is 8.42 Å². The first-order valence-corrected chi connectivity index (χ1v) is 10.7. The van der Waals surface area contributed by atoms with E-state index >= 15 is 0 Å². The van der Waals surface area contributed by atoms with Gasteiger partial charge in [-0.05, 0) is 44.0 Å². The van der Waals surface area contributed by atoms with E-state index in [1.165, 1.54) is 4.90 Å². The second kappa shape index (κ2) is 8.73. The van der Waals surface area contributed by atoms with Gasteiger partial charge in [-0.3, -0.25) is 9.10 Å². The van der Waals surface area contributed by atoms with Crippen molar-refractivity contribution in [2.75, 3.05) is 30.8 Å². The van der Waals surface area contributed by atoms with Gasteiger partial charge < -0.3 is 14.7 Å². The Hall–Kier alpha value is -1.80. The second-order valence-electron chi connectivity index (χ2n) is 6.62. The standard InChI is InChI=1S/C18H28N2O5S/c1-4-25-15-11-9-14(10-12-15)20(26(3,23)24)13-18(22)19(2)16-7-5-6-8-17(16)21/h9-12,16-17,21H,4-8,13H2,1-3H3. The van der Waals surface area contributed by atoms with E-state index in [0.29, 0.717) is 24.5 Å². The van der Waals surface area contributed by atoms with Gasteiger partial charge in [0.15, 0.2) is 0 Å². The fourth-order valence-corrected chi connectivity index (χ4v) is 4.09. The summed E-state index contributed by atoms with van der Waals surface area (Å²) in [5.74, 6) is 0.300. The molecule has 0 heterocycles. The van der Waals surface area contributed by atoms with Crippen LogP contribution in [0.3, 0.4) is 0 Å². The molecule has 1 fully saturated rings. The number of benzene rings is 1. The first-order valence-electron chi connectivity index (χ1n) is 8.88. The molecule has 1 aliphatic carbocycles. The monoisotopic (exact) mass is 384 g/mol. The minimum Gasteiger partial charge on any atom is -0.494 e. The maximum absolute atomic E-state index is 12.7. The summed E-state index contributed by atoms with van der Waals surface area (Å²) in [4.78, 5) is 14.2. The first kappa shape index (κ1) is 20.5. The van der Waals surface area contributed by atoms with Crippen molar-refractivity contribution in [3.8, 4) is 5.75 Å². The third kappa shape index (κ3) is 5.11. The number of hydrogen-bond acceptors (Lipinski definition) is 5. The van der Waals surface area contributed by atoms with E-state index in [2.05, 4.69) is 0 Å². The van der Waals surface area contributed by atoms with Crippen LogP contribution in [-0.4, -0.2) is 62.9 Å². The Bertz CT molecular complexity index is 705. The zero-order valence-electron chi connectivity index (χ0n) is 15.6. The van der Waals surface area contributed by atoms with Gasteiger partial charge in [0.25, 0.3) is 0 Å². The van der Waals surface area contributed by atoms with Crippen molar-refractivity contribution < 1.29 is 23.1 Å². The summed E-state index contributed by atoms with van der Waals surface area (Å²) in [5, 5.41) is 10.1. The molecule has 0 bridgehead atoms. The van der Waals surface area contributed by atoms with Crippen LogP contribution in [0.15, 0.2) is 24.3 Å². The highest BCUT2D eigenvalue weighted by Gasteiger charge is 2.31. The number of aliphatic hydroxyl groups is 1. The summed E-state index contributed by atoms with van der Waals surface area (Å²) in [5.41, 5.74) is 0.405. The molecule has 2 rings (SSSR count). The lowest BCUT2D eigenvalue weighted by Crippen LogP contribution is -2.50. The molecule has 1 aromatic carbocycles. The minimum atomic E-state index is -3.63. The van der Waals surface area contributed by atoms with Crippen molar-refractivity contribution in [1.29, 1.82) is 0 Å². The van der Waals surface area contributed by atoms with Crippen LogP contribution in [0.5, 0.6) is 5.75 Å². The predicted octanol–water partition coefficient (Wildman–Crippen LogP) is 1.61. The Morgan fingerprint density at radius 2 is 1.85 bits per heavy atom. The average molecular weight is 384 g/mol. The van der Waals surface area contributed by atoms with Gasteiger partial charge in [0.05, 0.1) is 30.7 Å². The van der Waals surface area contributed by atoms with E-state index in [1.807, 2.05) is 6.92 Å². The fraction of sp³-hybridized carbons (Fsp3) is 0.611. The molecule has 2 atom stereocenters. The lowest BCUT2D eigenvalue weighted by molar-refractivity contribution is -0.133. The number of nitrogens with zero attached hydrogens (tertiary/aromatic N) is 2. The number of hydrogen-bond donors (Lipinski definition) is 1. The highest BCUT2D eigenvalue weighted by atomic mass is 32.2. The maximum atomic E-state index is 12.7. The number of ether oxygens (including phenoxy) is 1. The van der Waals surface area contributed by atoms with Crippen LogP contribution >= 0.6 is 0 Å². The number of anilines is 1. The van der Waals surface area contributed by atoms with Crippen LogP contribution in [0, 0.1) is 0 Å². The van der Waals surface area contributed by atoms with Crippen LogP contribution in [0.2, 0.25) is 0 Å². The van der Waals surface area contributed by atoms with Crippen LogP contribution in [0.25, 0.3) is 0 Å². The molecular formula is C18H28N2O5S. The molecule has 1 aromatic rings. The van der Waals surface area contributed by atoms with E-state index in [-0.39, 0.29) is 18.5 Å². The molecule has 0 aliphatic heterocycles. The Morgan fingerprint density at radius 1 is 1.23 bits per heavy atom. The van der Waals surface area contributed by atoms with Crippen molar-refractivity contribution in [3.63, 3.8) is 0 Å². The predicted molar refractivity (Wildman–Crippen MR) is 101 cm³/mol. The second-order valence-corrected chi connectivity index (χ2v) is 8.53. The smallest absolute Gasteiger partial charge is 0.243 e. The van der Waals surface area contributed by atoms with E-state index in [4.69, 9.17) is 4.74 Å². The van der Waals surface area contributed by atoms with Crippen molar-refractivity contribution in [1.82, 2.24) is 4.90 Å². The molecule has 8 heteroatoms. The number of carbonyl (C=O) groups is 1. The van der Waals surface area contributed by atoms with Crippen molar-refractivity contribution in [2.24, 2.45) is 0 Å². The van der Waals surface area contributed by atoms with E-state index in [9.17, 15) is 18.3 Å². The molecule has 0 aromatic heterocycles. The van der Waals surface area contributed by atoms with Crippen molar-refractivity contribution in [2.45, 2.75) is 44.8 Å². The Balaban J connectivity index is 2.16. The zero-order valence-corrected chi connectivity index (χ0v) is 16.4. The topological polar surface area (TPSA) is 87.2 Å². The molecule has 7 nitrogen and oxygen atoms in total. The molecule has 0 spiro atoms. The van der Waals surface area contributed by atoms with Gasteiger partial charge in [-0.1, -0.05) is 12.8 Å². The molecule has 2 unspecified atom stereocenters. The third-order valence-corrected chi connectivity index (χ3v) is 5.84. The fourth-order valence-electron chi connectivity index (χ4n) is 3.24. The highest BCUT2D eigenvalue weighted by Crippen LogP contribution is 2.24. The number of sulfonamides is 1. The molecule has 0 radical (unpaired) electrons. The third-order valence-electron chi connectivity index (χ3n) is 4.70.